The summed E-state index contributed by atoms with van der Waals surface area (Å²) in [5.41, 5.74) is 3.96. The van der Waals surface area contributed by atoms with E-state index in [2.05, 4.69) is 10.5 Å². The normalized spacial score (nSPS) is 13.1. The number of rotatable bonds is 6. The number of fused-ring (bicyclic) bond motifs is 1. The molecule has 2 aromatic rings. The molecule has 0 saturated heterocycles. The third-order valence-electron chi connectivity index (χ3n) is 3.74. The van der Waals surface area contributed by atoms with Crippen molar-refractivity contribution in [3.8, 4) is 23.0 Å². The summed E-state index contributed by atoms with van der Waals surface area (Å²) in [7, 11) is 1.54. The zero-order valence-electron chi connectivity index (χ0n) is 14.7. The van der Waals surface area contributed by atoms with Gasteiger partial charge < -0.3 is 18.9 Å². The van der Waals surface area contributed by atoms with Crippen LogP contribution in [0.2, 0.25) is 0 Å². The summed E-state index contributed by atoms with van der Waals surface area (Å²) < 4.78 is 21.7. The largest absolute Gasteiger partial charge is 0.493 e. The van der Waals surface area contributed by atoms with Gasteiger partial charge in [0.05, 0.1) is 12.8 Å². The minimum Gasteiger partial charge on any atom is -0.493 e. The first kappa shape index (κ1) is 17.6. The number of nitrogens with one attached hydrogen (secondary N) is 1. The molecule has 1 aliphatic rings. The molecule has 2 aromatic carbocycles. The Morgan fingerprint density at radius 2 is 1.85 bits per heavy atom. The zero-order chi connectivity index (χ0) is 18.4. The average molecular weight is 356 g/mol. The minimum atomic E-state index is -0.368. The summed E-state index contributed by atoms with van der Waals surface area (Å²) in [6.07, 6.45) is 0. The van der Waals surface area contributed by atoms with Crippen molar-refractivity contribution in [1.82, 2.24) is 5.43 Å². The Hall–Kier alpha value is -3.22. The molecule has 26 heavy (non-hydrogen) atoms. The maximum Gasteiger partial charge on any atom is 0.277 e. The maximum atomic E-state index is 12.0. The third-order valence-corrected chi connectivity index (χ3v) is 3.74. The molecule has 1 heterocycles. The van der Waals surface area contributed by atoms with Gasteiger partial charge >= 0.3 is 0 Å². The van der Waals surface area contributed by atoms with Crippen LogP contribution in [0.4, 0.5) is 0 Å². The summed E-state index contributed by atoms with van der Waals surface area (Å²) in [5, 5.41) is 4.11. The molecule has 1 N–H and O–H groups in total. The number of carbonyl (C=O) groups is 1. The van der Waals surface area contributed by atoms with Crippen molar-refractivity contribution >= 4 is 11.6 Å². The van der Waals surface area contributed by atoms with Crippen LogP contribution < -0.4 is 24.4 Å². The minimum absolute atomic E-state index is 0.168. The van der Waals surface area contributed by atoms with Gasteiger partial charge in [-0.3, -0.25) is 4.79 Å². The van der Waals surface area contributed by atoms with Crippen LogP contribution in [0.5, 0.6) is 23.0 Å². The molecule has 0 fully saturated rings. The van der Waals surface area contributed by atoms with E-state index in [9.17, 15) is 4.79 Å². The Kier molecular flexibility index (Phi) is 5.58. The fraction of sp³-hybridized carbons (Fsp3) is 0.263. The first-order valence-corrected chi connectivity index (χ1v) is 8.16. The molecule has 3 rings (SSSR count). The molecule has 0 aliphatic carbocycles. The Bertz CT molecular complexity index is 819. The number of para-hydroxylation sites is 2. The number of hydrogen-bond donors (Lipinski definition) is 1. The fourth-order valence-corrected chi connectivity index (χ4v) is 2.39. The summed E-state index contributed by atoms with van der Waals surface area (Å²) in [5.74, 6) is 2.08. The second-order valence-electron chi connectivity index (χ2n) is 5.53. The molecule has 0 spiro atoms. The van der Waals surface area contributed by atoms with Gasteiger partial charge in [0.2, 0.25) is 0 Å². The number of hydrogen-bond acceptors (Lipinski definition) is 6. The van der Waals surface area contributed by atoms with Gasteiger partial charge in [0, 0.05) is 5.56 Å². The van der Waals surface area contributed by atoms with E-state index >= 15 is 0 Å². The van der Waals surface area contributed by atoms with E-state index in [1.54, 1.807) is 32.2 Å². The average Bonchev–Trinajstić information content (AvgIpc) is 2.70. The monoisotopic (exact) mass is 356 g/mol. The highest BCUT2D eigenvalue weighted by Crippen LogP contribution is 2.30. The first-order chi connectivity index (χ1) is 12.7. The van der Waals surface area contributed by atoms with E-state index in [1.165, 1.54) is 0 Å². The van der Waals surface area contributed by atoms with Crippen molar-refractivity contribution in [1.29, 1.82) is 0 Å². The summed E-state index contributed by atoms with van der Waals surface area (Å²) in [6.45, 7) is 2.69. The molecule has 0 saturated carbocycles. The summed E-state index contributed by atoms with van der Waals surface area (Å²) in [6, 6.07) is 12.7. The maximum absolute atomic E-state index is 12.0. The van der Waals surface area contributed by atoms with Gasteiger partial charge in [-0.25, -0.2) is 5.43 Å². The van der Waals surface area contributed by atoms with Crippen LogP contribution in [0.15, 0.2) is 47.6 Å². The topological polar surface area (TPSA) is 78.4 Å². The molecular formula is C19H20N2O5. The van der Waals surface area contributed by atoms with Gasteiger partial charge in [-0.2, -0.15) is 5.10 Å². The van der Waals surface area contributed by atoms with Crippen LogP contribution >= 0.6 is 0 Å². The van der Waals surface area contributed by atoms with Crippen LogP contribution in [0, 0.1) is 0 Å². The molecule has 0 radical (unpaired) electrons. The molecule has 7 nitrogen and oxygen atoms in total. The highest BCUT2D eigenvalue weighted by atomic mass is 16.6. The van der Waals surface area contributed by atoms with E-state index in [0.717, 1.165) is 5.56 Å². The van der Waals surface area contributed by atoms with Crippen LogP contribution in [-0.2, 0) is 4.79 Å². The summed E-state index contributed by atoms with van der Waals surface area (Å²) in [4.78, 5) is 12.0. The van der Waals surface area contributed by atoms with Gasteiger partial charge in [0.15, 0.2) is 29.6 Å². The predicted octanol–water partition coefficient (Wildman–Crippen LogP) is 2.39. The predicted molar refractivity (Wildman–Crippen MR) is 96.3 cm³/mol. The van der Waals surface area contributed by atoms with Crippen LogP contribution in [0.1, 0.15) is 12.5 Å². The molecule has 0 atom stereocenters. The Labute approximate surface area is 151 Å². The highest BCUT2D eigenvalue weighted by molar-refractivity contribution is 5.99. The summed E-state index contributed by atoms with van der Waals surface area (Å²) >= 11 is 0. The van der Waals surface area contributed by atoms with Gasteiger partial charge in [0.1, 0.15) is 13.2 Å². The third kappa shape index (κ3) is 4.24. The Morgan fingerprint density at radius 1 is 1.12 bits per heavy atom. The number of methoxy groups -OCH3 is 1. The number of carbonyl (C=O) groups excluding carboxylic acids is 1. The smallest absolute Gasteiger partial charge is 0.277 e. The van der Waals surface area contributed by atoms with Crippen molar-refractivity contribution in [2.24, 2.45) is 5.10 Å². The fourth-order valence-electron chi connectivity index (χ4n) is 2.39. The standard InChI is InChI=1S/C19H20N2O5/c1-13(14-7-8-17-18(11-14)25-10-9-24-17)20-21-19(22)12-26-16-6-4-3-5-15(16)23-2/h3-8,11H,9-10,12H2,1-2H3,(H,21,22)/b20-13-. The quantitative estimate of drug-likeness (QED) is 0.635. The lowest BCUT2D eigenvalue weighted by atomic mass is 10.1. The van der Waals surface area contributed by atoms with E-state index in [4.69, 9.17) is 18.9 Å². The number of hydrazone groups is 1. The van der Waals surface area contributed by atoms with Gasteiger partial charge in [0.25, 0.3) is 5.91 Å². The molecule has 1 amide bonds. The second-order valence-corrected chi connectivity index (χ2v) is 5.53. The van der Waals surface area contributed by atoms with E-state index in [0.29, 0.717) is 41.9 Å². The SMILES string of the molecule is COc1ccccc1OCC(=O)N/N=C(/C)c1ccc2c(c1)OCCO2. The lowest BCUT2D eigenvalue weighted by Crippen LogP contribution is -2.25. The van der Waals surface area contributed by atoms with Crippen LogP contribution in [-0.4, -0.2) is 38.5 Å². The van der Waals surface area contributed by atoms with Crippen LogP contribution in [0.25, 0.3) is 0 Å². The molecule has 0 aromatic heterocycles. The Morgan fingerprint density at radius 3 is 2.62 bits per heavy atom. The molecule has 7 heteroatoms. The van der Waals surface area contributed by atoms with Gasteiger partial charge in [-0.1, -0.05) is 12.1 Å². The number of amides is 1. The molecule has 1 aliphatic heterocycles. The molecular weight excluding hydrogens is 336 g/mol. The van der Waals surface area contributed by atoms with Gasteiger partial charge in [-0.15, -0.1) is 0 Å². The zero-order valence-corrected chi connectivity index (χ0v) is 14.7. The number of nitrogens with zero attached hydrogens (tertiary/aromatic N) is 1. The Balaban J connectivity index is 1.57. The van der Waals surface area contributed by atoms with Crippen molar-refractivity contribution < 1.29 is 23.7 Å². The van der Waals surface area contributed by atoms with Gasteiger partial charge in [-0.05, 0) is 37.3 Å². The van der Waals surface area contributed by atoms with Crippen molar-refractivity contribution in [3.63, 3.8) is 0 Å². The first-order valence-electron chi connectivity index (χ1n) is 8.16. The lowest BCUT2D eigenvalue weighted by Gasteiger charge is -2.18. The van der Waals surface area contributed by atoms with E-state index < -0.39 is 0 Å². The lowest BCUT2D eigenvalue weighted by molar-refractivity contribution is -0.123. The van der Waals surface area contributed by atoms with Crippen molar-refractivity contribution in [2.75, 3.05) is 26.9 Å². The number of benzene rings is 2. The molecule has 136 valence electrons. The van der Waals surface area contributed by atoms with E-state index in [1.807, 2.05) is 24.3 Å². The van der Waals surface area contributed by atoms with E-state index in [-0.39, 0.29) is 12.5 Å². The van der Waals surface area contributed by atoms with Crippen molar-refractivity contribution in [3.05, 3.63) is 48.0 Å². The van der Waals surface area contributed by atoms with Crippen molar-refractivity contribution in [2.45, 2.75) is 6.92 Å². The van der Waals surface area contributed by atoms with Crippen LogP contribution in [0.3, 0.4) is 0 Å². The second kappa shape index (κ2) is 8.24. The molecule has 0 bridgehead atoms. The number of ether oxygens (including phenoxy) is 4. The molecule has 0 unspecified atom stereocenters. The highest BCUT2D eigenvalue weighted by Gasteiger charge is 2.13.